The summed E-state index contributed by atoms with van der Waals surface area (Å²) in [5.74, 6) is -2.14. The zero-order valence-electron chi connectivity index (χ0n) is 12.4. The Morgan fingerprint density at radius 2 is 1.80 bits per heavy atom. The van der Waals surface area contributed by atoms with E-state index < -0.39 is 33.9 Å². The lowest BCUT2D eigenvalue weighted by Crippen LogP contribution is -2.48. The largest absolute Gasteiger partial charge is 0.481 e. The van der Waals surface area contributed by atoms with Gasteiger partial charge in [0.2, 0.25) is 15.9 Å². The molecule has 20 heavy (non-hydrogen) atoms. The fraction of sp³-hybridized carbons (Fsp3) is 0.833. The van der Waals surface area contributed by atoms with E-state index in [4.69, 9.17) is 5.11 Å². The molecule has 2 unspecified atom stereocenters. The fourth-order valence-corrected chi connectivity index (χ4v) is 3.00. The first-order chi connectivity index (χ1) is 9.14. The van der Waals surface area contributed by atoms with E-state index in [9.17, 15) is 18.0 Å². The van der Waals surface area contributed by atoms with Crippen molar-refractivity contribution < 1.29 is 23.1 Å². The van der Waals surface area contributed by atoms with Crippen molar-refractivity contribution in [1.82, 2.24) is 9.62 Å². The van der Waals surface area contributed by atoms with E-state index in [0.29, 0.717) is 13.0 Å². The molecule has 2 atom stereocenters. The van der Waals surface area contributed by atoms with Gasteiger partial charge in [-0.2, -0.15) is 0 Å². The lowest BCUT2D eigenvalue weighted by Gasteiger charge is -2.26. The maximum atomic E-state index is 12.1. The van der Waals surface area contributed by atoms with Gasteiger partial charge < -0.3 is 10.0 Å². The number of amides is 1. The first-order valence-corrected chi connectivity index (χ1v) is 8.31. The second-order valence-electron chi connectivity index (χ2n) is 4.77. The molecule has 7 nitrogen and oxygen atoms in total. The number of likely N-dealkylation sites (N-methyl/N-ethyl adjacent to an activating group) is 1. The molecular formula is C12H24N2O5S. The third kappa shape index (κ3) is 6.33. The minimum absolute atomic E-state index is 0.0394. The number of carbonyl (C=O) groups excluding carboxylic acids is 1. The van der Waals surface area contributed by atoms with Crippen LogP contribution in [0.1, 0.15) is 34.1 Å². The molecule has 2 N–H and O–H groups in total. The number of sulfonamides is 1. The summed E-state index contributed by atoms with van der Waals surface area (Å²) in [7, 11) is -3.48. The second kappa shape index (κ2) is 8.21. The molecule has 0 aromatic rings. The van der Waals surface area contributed by atoms with Gasteiger partial charge in [-0.05, 0) is 20.3 Å². The second-order valence-corrected chi connectivity index (χ2v) is 6.65. The van der Waals surface area contributed by atoms with Crippen LogP contribution in [0.2, 0.25) is 0 Å². The molecule has 0 aliphatic rings. The predicted molar refractivity (Wildman–Crippen MR) is 75.7 cm³/mol. The van der Waals surface area contributed by atoms with E-state index in [1.54, 1.807) is 13.8 Å². The Hall–Kier alpha value is -1.15. The Balaban J connectivity index is 4.72. The minimum Gasteiger partial charge on any atom is -0.481 e. The van der Waals surface area contributed by atoms with Crippen LogP contribution >= 0.6 is 0 Å². The highest BCUT2D eigenvalue weighted by Crippen LogP contribution is 2.04. The van der Waals surface area contributed by atoms with Gasteiger partial charge in [0.25, 0.3) is 0 Å². The van der Waals surface area contributed by atoms with E-state index in [2.05, 4.69) is 4.72 Å². The van der Waals surface area contributed by atoms with Crippen molar-refractivity contribution in [2.75, 3.05) is 18.8 Å². The summed E-state index contributed by atoms with van der Waals surface area (Å²) in [5, 5.41) is 8.85. The van der Waals surface area contributed by atoms with E-state index in [0.717, 1.165) is 0 Å². The first-order valence-electron chi connectivity index (χ1n) is 6.66. The molecule has 0 fully saturated rings. The molecule has 0 saturated carbocycles. The average Bonchev–Trinajstić information content (AvgIpc) is 2.33. The summed E-state index contributed by atoms with van der Waals surface area (Å²) in [6.07, 6.45) is 0.462. The van der Waals surface area contributed by atoms with E-state index in [1.165, 1.54) is 18.7 Å². The predicted octanol–water partition coefficient (Wildman–Crippen LogP) is 0.274. The number of rotatable bonds is 9. The highest BCUT2D eigenvalue weighted by atomic mass is 32.2. The van der Waals surface area contributed by atoms with Gasteiger partial charge in [0.05, 0.1) is 17.7 Å². The summed E-state index contributed by atoms with van der Waals surface area (Å²) in [4.78, 5) is 24.3. The Bertz CT molecular complexity index is 435. The zero-order valence-corrected chi connectivity index (χ0v) is 13.2. The molecule has 0 saturated heterocycles. The van der Waals surface area contributed by atoms with Crippen LogP contribution in [0.4, 0.5) is 0 Å². The molecule has 0 heterocycles. The maximum absolute atomic E-state index is 12.1. The smallest absolute Gasteiger partial charge is 0.308 e. The normalized spacial score (nSPS) is 14.6. The number of aliphatic carboxylic acids is 1. The van der Waals surface area contributed by atoms with Gasteiger partial charge >= 0.3 is 5.97 Å². The third-order valence-electron chi connectivity index (χ3n) is 2.81. The Morgan fingerprint density at radius 1 is 1.25 bits per heavy atom. The first kappa shape index (κ1) is 18.9. The van der Waals surface area contributed by atoms with Crippen molar-refractivity contribution in [1.29, 1.82) is 0 Å². The quantitative estimate of drug-likeness (QED) is 0.636. The molecule has 0 bridgehead atoms. The van der Waals surface area contributed by atoms with Crippen molar-refractivity contribution in [2.24, 2.45) is 5.92 Å². The summed E-state index contributed by atoms with van der Waals surface area (Å²) in [5.41, 5.74) is 0. The molecule has 118 valence electrons. The maximum Gasteiger partial charge on any atom is 0.308 e. The molecule has 0 rings (SSSR count). The lowest BCUT2D eigenvalue weighted by molar-refractivity contribution is -0.143. The highest BCUT2D eigenvalue weighted by molar-refractivity contribution is 7.89. The molecule has 0 aromatic heterocycles. The molecular weight excluding hydrogens is 284 g/mol. The van der Waals surface area contributed by atoms with Crippen molar-refractivity contribution >= 4 is 21.9 Å². The van der Waals surface area contributed by atoms with Crippen LogP contribution in [0.25, 0.3) is 0 Å². The topological polar surface area (TPSA) is 104 Å². The minimum atomic E-state index is -3.48. The van der Waals surface area contributed by atoms with Crippen molar-refractivity contribution in [3.63, 3.8) is 0 Å². The van der Waals surface area contributed by atoms with Crippen LogP contribution in [-0.2, 0) is 19.6 Å². The summed E-state index contributed by atoms with van der Waals surface area (Å²) >= 11 is 0. The van der Waals surface area contributed by atoms with Gasteiger partial charge in [-0.25, -0.2) is 13.1 Å². The zero-order chi connectivity index (χ0) is 15.9. The molecule has 0 spiro atoms. The summed E-state index contributed by atoms with van der Waals surface area (Å²) in [6, 6.07) is -0.896. The van der Waals surface area contributed by atoms with Gasteiger partial charge in [-0.1, -0.05) is 13.8 Å². The Kier molecular flexibility index (Phi) is 7.74. The lowest BCUT2D eigenvalue weighted by atomic mass is 10.1. The molecule has 1 amide bonds. The number of hydrogen-bond donors (Lipinski definition) is 2. The van der Waals surface area contributed by atoms with Gasteiger partial charge in [-0.3, -0.25) is 9.59 Å². The van der Waals surface area contributed by atoms with Crippen molar-refractivity contribution in [2.45, 2.75) is 40.2 Å². The monoisotopic (exact) mass is 308 g/mol. The molecule has 0 aromatic carbocycles. The highest BCUT2D eigenvalue weighted by Gasteiger charge is 2.26. The van der Waals surface area contributed by atoms with Crippen LogP contribution in [0.3, 0.4) is 0 Å². The number of carboxylic acids is 1. The van der Waals surface area contributed by atoms with Crippen LogP contribution < -0.4 is 4.72 Å². The van der Waals surface area contributed by atoms with E-state index in [1.807, 2.05) is 0 Å². The van der Waals surface area contributed by atoms with E-state index in [-0.39, 0.29) is 12.3 Å². The Morgan fingerprint density at radius 3 is 2.20 bits per heavy atom. The van der Waals surface area contributed by atoms with E-state index >= 15 is 0 Å². The van der Waals surface area contributed by atoms with Gasteiger partial charge in [-0.15, -0.1) is 0 Å². The fourth-order valence-electron chi connectivity index (χ4n) is 1.70. The standard InChI is InChI=1S/C12H24N2O5S/c1-5-7-20(18,19)13-10(4)11(15)14(6-2)8-9(3)12(16)17/h9-10,13H,5-8H2,1-4H3,(H,16,17). The van der Waals surface area contributed by atoms with Crippen LogP contribution in [0, 0.1) is 5.92 Å². The average molecular weight is 308 g/mol. The molecule has 0 radical (unpaired) electrons. The van der Waals surface area contributed by atoms with Gasteiger partial charge in [0.1, 0.15) is 0 Å². The van der Waals surface area contributed by atoms with Crippen molar-refractivity contribution in [3.05, 3.63) is 0 Å². The van der Waals surface area contributed by atoms with Gasteiger partial charge in [0.15, 0.2) is 0 Å². The Labute approximate surface area is 120 Å². The van der Waals surface area contributed by atoms with Crippen molar-refractivity contribution in [3.8, 4) is 0 Å². The molecule has 0 aliphatic heterocycles. The number of nitrogens with zero attached hydrogens (tertiary/aromatic N) is 1. The van der Waals surface area contributed by atoms with Gasteiger partial charge in [0, 0.05) is 13.1 Å². The summed E-state index contributed by atoms with van der Waals surface area (Å²) < 4.78 is 25.5. The number of carboxylic acid groups (broad SMARTS) is 1. The SMILES string of the molecule is CCCS(=O)(=O)NC(C)C(=O)N(CC)CC(C)C(=O)O. The third-order valence-corrected chi connectivity index (χ3v) is 4.47. The van der Waals surface area contributed by atoms with Crippen LogP contribution in [0.5, 0.6) is 0 Å². The number of nitrogens with one attached hydrogen (secondary N) is 1. The molecule has 0 aliphatic carbocycles. The number of carbonyl (C=O) groups is 2. The van der Waals surface area contributed by atoms with Crippen LogP contribution in [0.15, 0.2) is 0 Å². The van der Waals surface area contributed by atoms with Crippen LogP contribution in [-0.4, -0.2) is 55.2 Å². The molecule has 8 heteroatoms. The summed E-state index contributed by atoms with van der Waals surface area (Å²) in [6.45, 7) is 6.81. The number of hydrogen-bond acceptors (Lipinski definition) is 4.